The highest BCUT2D eigenvalue weighted by atomic mass is 35.5. The van der Waals surface area contributed by atoms with Crippen molar-refractivity contribution in [2.75, 3.05) is 13.1 Å². The molecule has 25 heavy (non-hydrogen) atoms. The lowest BCUT2D eigenvalue weighted by atomic mass is 10.0. The van der Waals surface area contributed by atoms with E-state index in [-0.39, 0.29) is 36.5 Å². The van der Waals surface area contributed by atoms with E-state index < -0.39 is 4.84 Å². The summed E-state index contributed by atoms with van der Waals surface area (Å²) < 4.78 is 0. The fourth-order valence-electron chi connectivity index (χ4n) is 2.79. The molecule has 0 spiro atoms. The Kier molecular flexibility index (Phi) is 7.26. The van der Waals surface area contributed by atoms with Crippen molar-refractivity contribution in [1.29, 1.82) is 0 Å². The summed E-state index contributed by atoms with van der Waals surface area (Å²) in [5.41, 5.74) is 1.72. The van der Waals surface area contributed by atoms with Crippen LogP contribution in [0.15, 0.2) is 24.3 Å². The molecule has 1 saturated heterocycles. The number of halogens is 2. The molecule has 2 rings (SSSR count). The molecule has 0 aliphatic carbocycles. The molecule has 1 aliphatic heterocycles. The first-order valence-electron chi connectivity index (χ1n) is 8.33. The molecule has 1 aliphatic rings. The van der Waals surface area contributed by atoms with Gasteiger partial charge in [-0.3, -0.25) is 14.4 Å². The molecule has 0 atom stereocenters. The highest BCUT2D eigenvalue weighted by Crippen LogP contribution is 2.15. The van der Waals surface area contributed by atoms with E-state index in [1.165, 1.54) is 0 Å². The zero-order valence-corrected chi connectivity index (χ0v) is 15.6. The second kappa shape index (κ2) is 9.20. The van der Waals surface area contributed by atoms with Gasteiger partial charge >= 0.3 is 0 Å². The zero-order valence-electron chi connectivity index (χ0n) is 14.1. The van der Waals surface area contributed by atoms with Crippen LogP contribution in [0.2, 0.25) is 0 Å². The third kappa shape index (κ3) is 6.01. The van der Waals surface area contributed by atoms with Gasteiger partial charge in [0, 0.05) is 37.5 Å². The van der Waals surface area contributed by atoms with Crippen molar-refractivity contribution in [2.24, 2.45) is 0 Å². The predicted octanol–water partition coefficient (Wildman–Crippen LogP) is 2.87. The van der Waals surface area contributed by atoms with Crippen LogP contribution in [-0.4, -0.2) is 46.5 Å². The van der Waals surface area contributed by atoms with Gasteiger partial charge in [-0.25, -0.2) is 0 Å². The monoisotopic (exact) mass is 384 g/mol. The molecule has 0 bridgehead atoms. The molecule has 1 aromatic carbocycles. The van der Waals surface area contributed by atoms with Crippen LogP contribution >= 0.6 is 23.2 Å². The minimum atomic E-state index is -1.04. The highest BCUT2D eigenvalue weighted by molar-refractivity contribution is 6.53. The number of nitrogens with one attached hydrogen (secondary N) is 1. The summed E-state index contributed by atoms with van der Waals surface area (Å²) in [4.78, 5) is 36.4. The average Bonchev–Trinajstić information content (AvgIpc) is 2.60. The number of carbonyl (C=O) groups excluding carboxylic acids is 3. The quantitative estimate of drug-likeness (QED) is 0.605. The Morgan fingerprint density at radius 2 is 1.72 bits per heavy atom. The van der Waals surface area contributed by atoms with E-state index in [1.807, 2.05) is 19.1 Å². The fraction of sp³-hybridized carbons (Fsp3) is 0.500. The predicted molar refractivity (Wildman–Crippen MR) is 98.0 cm³/mol. The van der Waals surface area contributed by atoms with E-state index in [9.17, 15) is 14.4 Å². The molecule has 2 amide bonds. The molecule has 1 fully saturated rings. The molecule has 1 N–H and O–H groups in total. The van der Waals surface area contributed by atoms with E-state index in [1.54, 1.807) is 17.0 Å². The van der Waals surface area contributed by atoms with E-state index >= 15 is 0 Å². The number of likely N-dealkylation sites (tertiary alicyclic amines) is 1. The van der Waals surface area contributed by atoms with Crippen molar-refractivity contribution in [2.45, 2.75) is 43.5 Å². The first kappa shape index (κ1) is 19.7. The number of hydrogen-bond donors (Lipinski definition) is 1. The molecule has 0 radical (unpaired) electrons. The van der Waals surface area contributed by atoms with Gasteiger partial charge in [0.2, 0.25) is 5.91 Å². The Labute approximate surface area is 157 Å². The number of amides is 2. The number of rotatable bonds is 6. The Bertz CT molecular complexity index is 624. The third-order valence-corrected chi connectivity index (χ3v) is 4.68. The largest absolute Gasteiger partial charge is 0.353 e. The van der Waals surface area contributed by atoms with Crippen LogP contribution in [0, 0.1) is 6.92 Å². The topological polar surface area (TPSA) is 66.5 Å². The van der Waals surface area contributed by atoms with Crippen LogP contribution in [0.1, 0.15) is 41.6 Å². The SMILES string of the molecule is Cc1ccc(C(=O)CCC(=O)NC2CCN(C(=O)C(Cl)Cl)CC2)cc1. The number of Topliss-reactive ketones (excluding diaryl/α,β-unsaturated/α-hetero) is 1. The maximum absolute atomic E-state index is 12.1. The van der Waals surface area contributed by atoms with Gasteiger partial charge in [-0.2, -0.15) is 0 Å². The lowest BCUT2D eigenvalue weighted by molar-refractivity contribution is -0.130. The van der Waals surface area contributed by atoms with Crippen LogP contribution in [0.4, 0.5) is 0 Å². The number of benzene rings is 1. The Balaban J connectivity index is 1.71. The maximum Gasteiger partial charge on any atom is 0.255 e. The van der Waals surface area contributed by atoms with Crippen molar-refractivity contribution >= 4 is 40.8 Å². The molecule has 0 aromatic heterocycles. The van der Waals surface area contributed by atoms with Gasteiger partial charge in [0.1, 0.15) is 0 Å². The Morgan fingerprint density at radius 1 is 1.12 bits per heavy atom. The molecule has 1 heterocycles. The van der Waals surface area contributed by atoms with Crippen LogP contribution in [0.3, 0.4) is 0 Å². The van der Waals surface area contributed by atoms with Crippen molar-refractivity contribution in [3.05, 3.63) is 35.4 Å². The molecule has 136 valence electrons. The standard InChI is InChI=1S/C18H22Cl2N2O3/c1-12-2-4-13(5-3-12)15(23)6-7-16(24)21-14-8-10-22(11-9-14)18(25)17(19)20/h2-5,14,17H,6-11H2,1H3,(H,21,24). The summed E-state index contributed by atoms with van der Waals surface area (Å²) in [6.07, 6.45) is 1.66. The van der Waals surface area contributed by atoms with Gasteiger partial charge in [0.15, 0.2) is 10.6 Å². The second-order valence-electron chi connectivity index (χ2n) is 6.26. The Morgan fingerprint density at radius 3 is 2.28 bits per heavy atom. The van der Waals surface area contributed by atoms with Gasteiger partial charge < -0.3 is 10.2 Å². The van der Waals surface area contributed by atoms with E-state index in [2.05, 4.69) is 5.32 Å². The number of aryl methyl sites for hydroxylation is 1. The average molecular weight is 385 g/mol. The minimum absolute atomic E-state index is 0.00938. The number of alkyl halides is 2. The minimum Gasteiger partial charge on any atom is -0.353 e. The lowest BCUT2D eigenvalue weighted by Gasteiger charge is -2.32. The van der Waals surface area contributed by atoms with Crippen molar-refractivity contribution in [1.82, 2.24) is 10.2 Å². The normalized spacial score (nSPS) is 15.3. The van der Waals surface area contributed by atoms with Crippen LogP contribution in [0.25, 0.3) is 0 Å². The Hall–Kier alpha value is -1.59. The van der Waals surface area contributed by atoms with E-state index in [0.29, 0.717) is 31.5 Å². The van der Waals surface area contributed by atoms with Crippen molar-refractivity contribution in [3.8, 4) is 0 Å². The summed E-state index contributed by atoms with van der Waals surface area (Å²) in [6, 6.07) is 7.34. The highest BCUT2D eigenvalue weighted by Gasteiger charge is 2.26. The van der Waals surface area contributed by atoms with E-state index in [0.717, 1.165) is 5.56 Å². The summed E-state index contributed by atoms with van der Waals surface area (Å²) >= 11 is 11.2. The van der Waals surface area contributed by atoms with Gasteiger partial charge in [-0.1, -0.05) is 53.0 Å². The molecular weight excluding hydrogens is 363 g/mol. The van der Waals surface area contributed by atoms with E-state index in [4.69, 9.17) is 23.2 Å². The number of piperidine rings is 1. The molecule has 1 aromatic rings. The number of nitrogens with zero attached hydrogens (tertiary/aromatic N) is 1. The smallest absolute Gasteiger partial charge is 0.255 e. The molecule has 0 unspecified atom stereocenters. The second-order valence-corrected chi connectivity index (χ2v) is 7.35. The fourth-order valence-corrected chi connectivity index (χ4v) is 3.07. The van der Waals surface area contributed by atoms with Crippen LogP contribution < -0.4 is 5.32 Å². The summed E-state index contributed by atoms with van der Waals surface area (Å²) in [5, 5.41) is 2.93. The van der Waals surface area contributed by atoms with Crippen molar-refractivity contribution < 1.29 is 14.4 Å². The molecule has 0 saturated carbocycles. The summed E-state index contributed by atoms with van der Waals surface area (Å²) in [5.74, 6) is -0.472. The van der Waals surface area contributed by atoms with Gasteiger partial charge in [-0.15, -0.1) is 0 Å². The van der Waals surface area contributed by atoms with Crippen molar-refractivity contribution in [3.63, 3.8) is 0 Å². The maximum atomic E-state index is 12.1. The lowest BCUT2D eigenvalue weighted by Crippen LogP contribution is -2.47. The number of ketones is 1. The number of carbonyl (C=O) groups is 3. The first-order valence-corrected chi connectivity index (χ1v) is 9.20. The third-order valence-electron chi connectivity index (χ3n) is 4.31. The van der Waals surface area contributed by atoms with Crippen LogP contribution in [-0.2, 0) is 9.59 Å². The summed E-state index contributed by atoms with van der Waals surface area (Å²) in [7, 11) is 0. The molecule has 5 nitrogen and oxygen atoms in total. The van der Waals surface area contributed by atoms with Gasteiger partial charge in [-0.05, 0) is 19.8 Å². The van der Waals surface area contributed by atoms with Crippen LogP contribution in [0.5, 0.6) is 0 Å². The molecular formula is C18H22Cl2N2O3. The zero-order chi connectivity index (χ0) is 18.4. The first-order chi connectivity index (χ1) is 11.9. The number of hydrogen-bond acceptors (Lipinski definition) is 3. The molecule has 7 heteroatoms. The van der Waals surface area contributed by atoms with Gasteiger partial charge in [0.25, 0.3) is 5.91 Å². The summed E-state index contributed by atoms with van der Waals surface area (Å²) in [6.45, 7) is 2.99. The van der Waals surface area contributed by atoms with Gasteiger partial charge in [0.05, 0.1) is 0 Å².